The second-order valence-electron chi connectivity index (χ2n) is 15.3. The Labute approximate surface area is 214 Å². The van der Waals surface area contributed by atoms with Crippen LogP contribution in [0.5, 0.6) is 0 Å². The molecule has 5 aliphatic rings. The number of hydrogen-bond donors (Lipinski definition) is 1. The minimum Gasteiger partial charge on any atom is -0.462 e. The van der Waals surface area contributed by atoms with E-state index in [-0.39, 0.29) is 39.8 Å². The first-order chi connectivity index (χ1) is 16.1. The van der Waals surface area contributed by atoms with Crippen molar-refractivity contribution in [2.75, 3.05) is 0 Å². The zero-order valence-corrected chi connectivity index (χ0v) is 23.9. The Morgan fingerprint density at radius 2 is 1.46 bits per heavy atom. The molecular formula is C32H52O3. The maximum atomic E-state index is 12.1. The lowest BCUT2D eigenvalue weighted by Crippen LogP contribution is -2.70. The summed E-state index contributed by atoms with van der Waals surface area (Å²) < 4.78 is 5.89. The van der Waals surface area contributed by atoms with Crippen LogP contribution < -0.4 is 0 Å². The summed E-state index contributed by atoms with van der Waals surface area (Å²) in [5.74, 6) is 2.77. The lowest BCUT2D eigenvalue weighted by molar-refractivity contribution is -0.280. The highest BCUT2D eigenvalue weighted by atomic mass is 16.5. The van der Waals surface area contributed by atoms with Crippen LogP contribution in [0.3, 0.4) is 0 Å². The van der Waals surface area contributed by atoms with Crippen molar-refractivity contribution in [3.05, 3.63) is 12.2 Å². The van der Waals surface area contributed by atoms with Crippen molar-refractivity contribution in [1.82, 2.24) is 0 Å². The average Bonchev–Trinajstić information content (AvgIpc) is 3.08. The number of rotatable bonds is 2. The molecule has 5 fully saturated rings. The van der Waals surface area contributed by atoms with Crippen molar-refractivity contribution in [2.45, 2.75) is 125 Å². The smallest absolute Gasteiger partial charge is 0.302 e. The molecule has 0 bridgehead atoms. The van der Waals surface area contributed by atoms with E-state index in [4.69, 9.17) is 4.74 Å². The molecule has 198 valence electrons. The number of allylic oxidation sites excluding steroid dienone is 1. The summed E-state index contributed by atoms with van der Waals surface area (Å²) in [7, 11) is 0. The number of hydrogen-bond acceptors (Lipinski definition) is 3. The van der Waals surface area contributed by atoms with E-state index in [1.165, 1.54) is 44.1 Å². The molecule has 3 heteroatoms. The van der Waals surface area contributed by atoms with E-state index in [9.17, 15) is 9.90 Å². The Morgan fingerprint density at radius 3 is 2.09 bits per heavy atom. The quantitative estimate of drug-likeness (QED) is 0.325. The highest BCUT2D eigenvalue weighted by Gasteiger charge is 2.73. The summed E-state index contributed by atoms with van der Waals surface area (Å²) in [5.41, 5.74) is 1.95. The van der Waals surface area contributed by atoms with E-state index >= 15 is 0 Å². The molecule has 5 saturated carbocycles. The molecule has 0 aliphatic heterocycles. The van der Waals surface area contributed by atoms with Crippen LogP contribution in [0.2, 0.25) is 0 Å². The maximum absolute atomic E-state index is 12.1. The number of aliphatic hydroxyl groups excluding tert-OH is 1. The predicted molar refractivity (Wildman–Crippen MR) is 142 cm³/mol. The fourth-order valence-electron chi connectivity index (χ4n) is 12.1. The molecule has 11 atom stereocenters. The fourth-order valence-corrected chi connectivity index (χ4v) is 12.1. The number of ether oxygens (including phenoxy) is 1. The first kappa shape index (κ1) is 25.8. The van der Waals surface area contributed by atoms with Crippen LogP contribution in [-0.4, -0.2) is 23.3 Å². The zero-order valence-electron chi connectivity index (χ0n) is 23.9. The summed E-state index contributed by atoms with van der Waals surface area (Å²) in [5, 5.41) is 12.1. The first-order valence-corrected chi connectivity index (χ1v) is 14.6. The average molecular weight is 485 g/mol. The van der Waals surface area contributed by atoms with Gasteiger partial charge in [-0.2, -0.15) is 0 Å². The Morgan fingerprint density at radius 1 is 0.829 bits per heavy atom. The van der Waals surface area contributed by atoms with E-state index < -0.39 is 0 Å². The molecule has 0 radical (unpaired) electrons. The van der Waals surface area contributed by atoms with Crippen LogP contribution >= 0.6 is 0 Å². The second kappa shape index (κ2) is 7.84. The summed E-state index contributed by atoms with van der Waals surface area (Å²) >= 11 is 0. The van der Waals surface area contributed by atoms with Crippen molar-refractivity contribution >= 4 is 5.97 Å². The van der Waals surface area contributed by atoms with E-state index in [1.54, 1.807) is 6.92 Å². The van der Waals surface area contributed by atoms with Gasteiger partial charge in [-0.15, -0.1) is 0 Å². The third kappa shape index (κ3) is 3.15. The van der Waals surface area contributed by atoms with E-state index in [2.05, 4.69) is 55.0 Å². The first-order valence-electron chi connectivity index (χ1n) is 14.6. The lowest BCUT2D eigenvalue weighted by Gasteiger charge is -2.74. The van der Waals surface area contributed by atoms with Gasteiger partial charge in [-0.25, -0.2) is 0 Å². The van der Waals surface area contributed by atoms with Gasteiger partial charge in [-0.05, 0) is 111 Å². The van der Waals surface area contributed by atoms with Gasteiger partial charge in [0.2, 0.25) is 0 Å². The SMILES string of the molecule is C=C(C)[C@H]1CC[C@]2(C)[C@H]3CC[C@@H]4[C@@]5(C)CC[C@H](OC(C)=O)C(C)(C)[C@@H]5CC[C@@]4(C)[C@]3(C)[C@@H](O)C[C@@H]12. The van der Waals surface area contributed by atoms with Crippen molar-refractivity contribution < 1.29 is 14.6 Å². The molecule has 0 unspecified atom stereocenters. The van der Waals surface area contributed by atoms with Crippen molar-refractivity contribution in [3.63, 3.8) is 0 Å². The van der Waals surface area contributed by atoms with Gasteiger partial charge in [0.05, 0.1) is 6.10 Å². The van der Waals surface area contributed by atoms with Gasteiger partial charge in [0.15, 0.2) is 0 Å². The largest absolute Gasteiger partial charge is 0.462 e. The van der Waals surface area contributed by atoms with E-state index in [0.29, 0.717) is 35.0 Å². The molecule has 0 amide bonds. The van der Waals surface area contributed by atoms with Crippen LogP contribution in [0.15, 0.2) is 12.2 Å². The molecule has 0 spiro atoms. The maximum Gasteiger partial charge on any atom is 0.302 e. The Balaban J connectivity index is 1.52. The topological polar surface area (TPSA) is 46.5 Å². The highest BCUT2D eigenvalue weighted by molar-refractivity contribution is 5.66. The summed E-state index contributed by atoms with van der Waals surface area (Å²) in [6, 6.07) is 0. The van der Waals surface area contributed by atoms with Gasteiger partial charge >= 0.3 is 5.97 Å². The van der Waals surface area contributed by atoms with Crippen molar-refractivity contribution in [1.29, 1.82) is 0 Å². The molecule has 0 aromatic rings. The molecule has 1 N–H and O–H groups in total. The standard InChI is InChI=1S/C32H52O3/c1-19(2)21-12-15-29(6)22(21)18-26(34)32(9)25(29)11-10-24-30(7)16-14-27(35-20(3)33)28(4,5)23(30)13-17-31(24,32)8/h21-27,34H,1,10-18H2,2-9H3/t21-,22+,23+,24-,25-,26+,27+,29+,30+,31-,32+/m1/s1. The van der Waals surface area contributed by atoms with Crippen molar-refractivity contribution in [3.8, 4) is 0 Å². The minimum absolute atomic E-state index is 0.0137. The third-order valence-corrected chi connectivity index (χ3v) is 13.9. The number of esters is 1. The minimum atomic E-state index is -0.233. The molecule has 35 heavy (non-hydrogen) atoms. The normalized spacial score (nSPS) is 54.6. The zero-order chi connectivity index (χ0) is 25.8. The number of fused-ring (bicyclic) bond motifs is 7. The molecule has 5 aliphatic carbocycles. The molecule has 0 aromatic carbocycles. The number of aliphatic hydroxyl groups is 1. The Hall–Kier alpha value is -0.830. The fraction of sp³-hybridized carbons (Fsp3) is 0.906. The van der Waals surface area contributed by atoms with Crippen LogP contribution in [0.1, 0.15) is 113 Å². The Bertz CT molecular complexity index is 906. The van der Waals surface area contributed by atoms with Gasteiger partial charge in [-0.1, -0.05) is 53.7 Å². The third-order valence-electron chi connectivity index (χ3n) is 13.9. The molecule has 3 nitrogen and oxygen atoms in total. The van der Waals surface area contributed by atoms with Crippen LogP contribution in [0.4, 0.5) is 0 Å². The predicted octanol–water partition coefficient (Wildman–Crippen LogP) is 7.57. The van der Waals surface area contributed by atoms with Gasteiger partial charge < -0.3 is 9.84 Å². The van der Waals surface area contributed by atoms with Gasteiger partial charge in [0.25, 0.3) is 0 Å². The van der Waals surface area contributed by atoms with Crippen LogP contribution in [0.25, 0.3) is 0 Å². The van der Waals surface area contributed by atoms with Gasteiger partial charge in [0.1, 0.15) is 6.10 Å². The molecule has 5 rings (SSSR count). The van der Waals surface area contributed by atoms with Gasteiger partial charge in [-0.3, -0.25) is 4.79 Å². The van der Waals surface area contributed by atoms with Crippen LogP contribution in [0, 0.1) is 56.7 Å². The summed E-state index contributed by atoms with van der Waals surface area (Å²) in [6.45, 7) is 23.1. The van der Waals surface area contributed by atoms with Crippen LogP contribution in [-0.2, 0) is 9.53 Å². The monoisotopic (exact) mass is 484 g/mol. The molecule has 0 aromatic heterocycles. The molecule has 0 saturated heterocycles. The van der Waals surface area contributed by atoms with Gasteiger partial charge in [0, 0.05) is 17.8 Å². The summed E-state index contributed by atoms with van der Waals surface area (Å²) in [6.07, 6.45) is 10.3. The van der Waals surface area contributed by atoms with E-state index in [1.807, 2.05) is 0 Å². The molecule has 0 heterocycles. The van der Waals surface area contributed by atoms with Crippen molar-refractivity contribution in [2.24, 2.45) is 56.7 Å². The number of carbonyl (C=O) groups excluding carboxylic acids is 1. The highest BCUT2D eigenvalue weighted by Crippen LogP contribution is 2.78. The van der Waals surface area contributed by atoms with E-state index in [0.717, 1.165) is 19.3 Å². The second-order valence-corrected chi connectivity index (χ2v) is 15.3. The molecular weight excluding hydrogens is 432 g/mol. The summed E-state index contributed by atoms with van der Waals surface area (Å²) in [4.78, 5) is 11.9. The lowest BCUT2D eigenvalue weighted by atomic mass is 9.31. The Kier molecular flexibility index (Phi) is 5.78. The number of carbonyl (C=O) groups is 1.